The minimum absolute atomic E-state index is 0.00996. The third kappa shape index (κ3) is 4.75. The Kier molecular flexibility index (Phi) is 5.04. The molecule has 1 N–H and O–H groups in total. The van der Waals surface area contributed by atoms with Crippen LogP contribution in [0.1, 0.15) is 30.9 Å². The Hall–Kier alpha value is -0.980. The molecule has 1 aromatic carbocycles. The van der Waals surface area contributed by atoms with Crippen molar-refractivity contribution in [2.45, 2.75) is 31.7 Å². The minimum atomic E-state index is -4.73. The Morgan fingerprint density at radius 3 is 2.52 bits per heavy atom. The number of hydrogen-bond donors (Lipinski definition) is 1. The van der Waals surface area contributed by atoms with Crippen LogP contribution in [0.4, 0.5) is 13.2 Å². The van der Waals surface area contributed by atoms with E-state index in [0.29, 0.717) is 0 Å². The van der Waals surface area contributed by atoms with Crippen molar-refractivity contribution in [3.05, 3.63) is 28.8 Å². The number of rotatable bonds is 5. The van der Waals surface area contributed by atoms with E-state index < -0.39 is 6.36 Å². The third-order valence-electron chi connectivity index (χ3n) is 4.41. The van der Waals surface area contributed by atoms with Crippen LogP contribution in [0.3, 0.4) is 0 Å². The molecule has 2 fully saturated rings. The summed E-state index contributed by atoms with van der Waals surface area (Å²) in [5.41, 5.74) is 0.971. The van der Waals surface area contributed by atoms with Crippen LogP contribution in [0.25, 0.3) is 0 Å². The predicted molar refractivity (Wildman–Crippen MR) is 82.7 cm³/mol. The van der Waals surface area contributed by atoms with Gasteiger partial charge in [-0.1, -0.05) is 30.5 Å². The maximum Gasteiger partial charge on any atom is 0.573 e. The SMILES string of the molecule is FC(F)(F)Oc1ccc([C@@H](CC2CC2)N2CCNCC2)cc1Cl. The van der Waals surface area contributed by atoms with Gasteiger partial charge in [0.2, 0.25) is 0 Å². The highest BCUT2D eigenvalue weighted by Crippen LogP contribution is 2.41. The molecule has 0 aromatic heterocycles. The summed E-state index contributed by atoms with van der Waals surface area (Å²) in [4.78, 5) is 2.39. The Morgan fingerprint density at radius 2 is 1.96 bits per heavy atom. The van der Waals surface area contributed by atoms with E-state index in [4.69, 9.17) is 11.6 Å². The van der Waals surface area contributed by atoms with Crippen molar-refractivity contribution < 1.29 is 17.9 Å². The normalized spacial score (nSPS) is 21.2. The molecule has 0 bridgehead atoms. The summed E-state index contributed by atoms with van der Waals surface area (Å²) in [6.45, 7) is 3.75. The van der Waals surface area contributed by atoms with Crippen LogP contribution >= 0.6 is 11.6 Å². The number of benzene rings is 1. The highest BCUT2D eigenvalue weighted by molar-refractivity contribution is 6.32. The first-order valence-corrected chi connectivity index (χ1v) is 8.30. The molecule has 1 aliphatic heterocycles. The molecule has 1 atom stereocenters. The Labute approximate surface area is 138 Å². The van der Waals surface area contributed by atoms with Gasteiger partial charge in [0.15, 0.2) is 0 Å². The molecule has 7 heteroatoms. The van der Waals surface area contributed by atoms with Crippen LogP contribution in [0.2, 0.25) is 5.02 Å². The highest BCUT2D eigenvalue weighted by atomic mass is 35.5. The van der Waals surface area contributed by atoms with Gasteiger partial charge in [0.1, 0.15) is 5.75 Å². The van der Waals surface area contributed by atoms with Crippen molar-refractivity contribution in [2.24, 2.45) is 5.92 Å². The zero-order valence-electron chi connectivity index (χ0n) is 12.7. The molecule has 0 unspecified atom stereocenters. The van der Waals surface area contributed by atoms with Crippen molar-refractivity contribution in [1.29, 1.82) is 0 Å². The van der Waals surface area contributed by atoms with Crippen LogP contribution in [-0.4, -0.2) is 37.4 Å². The van der Waals surface area contributed by atoms with Crippen molar-refractivity contribution in [3.63, 3.8) is 0 Å². The van der Waals surface area contributed by atoms with Crippen LogP contribution in [-0.2, 0) is 0 Å². The second-order valence-corrected chi connectivity index (χ2v) is 6.63. The van der Waals surface area contributed by atoms with Crippen molar-refractivity contribution in [3.8, 4) is 5.75 Å². The molecular formula is C16H20ClF3N2O. The van der Waals surface area contributed by atoms with Crippen molar-refractivity contribution >= 4 is 11.6 Å². The fourth-order valence-corrected chi connectivity index (χ4v) is 3.32. The van der Waals surface area contributed by atoms with Gasteiger partial charge >= 0.3 is 6.36 Å². The number of nitrogens with one attached hydrogen (secondary N) is 1. The third-order valence-corrected chi connectivity index (χ3v) is 4.71. The molecule has 23 heavy (non-hydrogen) atoms. The van der Waals surface area contributed by atoms with Gasteiger partial charge in [-0.25, -0.2) is 0 Å². The highest BCUT2D eigenvalue weighted by Gasteiger charge is 2.33. The number of piperazine rings is 1. The molecule has 3 rings (SSSR count). The molecule has 0 spiro atoms. The smallest absolute Gasteiger partial charge is 0.404 e. The zero-order valence-corrected chi connectivity index (χ0v) is 13.5. The fourth-order valence-electron chi connectivity index (χ4n) is 3.09. The second-order valence-electron chi connectivity index (χ2n) is 6.22. The van der Waals surface area contributed by atoms with Crippen LogP contribution < -0.4 is 10.1 Å². The van der Waals surface area contributed by atoms with E-state index in [1.54, 1.807) is 12.1 Å². The van der Waals surface area contributed by atoms with Crippen molar-refractivity contribution in [2.75, 3.05) is 26.2 Å². The standard InChI is InChI=1S/C16H20ClF3N2O/c17-13-10-12(3-4-15(13)23-16(18,19)20)14(9-11-1-2-11)22-7-5-21-6-8-22/h3-4,10-11,14,21H,1-2,5-9H2/t14-/m1/s1. The summed E-state index contributed by atoms with van der Waals surface area (Å²) >= 11 is 6.01. The molecule has 128 valence electrons. The monoisotopic (exact) mass is 348 g/mol. The van der Waals surface area contributed by atoms with Gasteiger partial charge < -0.3 is 10.1 Å². The Bertz CT molecular complexity index is 543. The molecule has 3 nitrogen and oxygen atoms in total. The first-order valence-electron chi connectivity index (χ1n) is 7.92. The van der Waals surface area contributed by atoms with Crippen LogP contribution in [0, 0.1) is 5.92 Å². The topological polar surface area (TPSA) is 24.5 Å². The first-order chi connectivity index (χ1) is 10.9. The molecule has 1 saturated carbocycles. The lowest BCUT2D eigenvalue weighted by atomic mass is 9.98. The predicted octanol–water partition coefficient (Wildman–Crippen LogP) is 3.99. The first kappa shape index (κ1) is 16.9. The maximum atomic E-state index is 12.4. The Balaban J connectivity index is 1.79. The van der Waals surface area contributed by atoms with Gasteiger partial charge in [-0.3, -0.25) is 4.90 Å². The average molecular weight is 349 g/mol. The van der Waals surface area contributed by atoms with E-state index in [9.17, 15) is 13.2 Å². The van der Waals surface area contributed by atoms with E-state index in [1.165, 1.54) is 18.9 Å². The van der Waals surface area contributed by atoms with E-state index in [2.05, 4.69) is 15.0 Å². The summed E-state index contributed by atoms with van der Waals surface area (Å²) in [6, 6.07) is 4.87. The average Bonchev–Trinajstić information content (AvgIpc) is 3.31. The molecule has 1 aliphatic carbocycles. The lowest BCUT2D eigenvalue weighted by Crippen LogP contribution is -2.45. The molecule has 0 radical (unpaired) electrons. The number of halogens is 4. The van der Waals surface area contributed by atoms with Crippen molar-refractivity contribution in [1.82, 2.24) is 10.2 Å². The lowest BCUT2D eigenvalue weighted by molar-refractivity contribution is -0.274. The van der Waals surface area contributed by atoms with E-state index in [1.807, 2.05) is 0 Å². The summed E-state index contributed by atoms with van der Waals surface area (Å²) in [7, 11) is 0. The number of alkyl halides is 3. The molecule has 1 heterocycles. The van der Waals surface area contributed by atoms with Gasteiger partial charge in [-0.2, -0.15) is 0 Å². The van der Waals surface area contributed by atoms with Gasteiger partial charge in [0.25, 0.3) is 0 Å². The molecule has 1 aromatic rings. The summed E-state index contributed by atoms with van der Waals surface area (Å²) < 4.78 is 41.0. The van der Waals surface area contributed by atoms with E-state index >= 15 is 0 Å². The summed E-state index contributed by atoms with van der Waals surface area (Å²) in [6.07, 6.45) is -1.20. The number of ether oxygens (including phenoxy) is 1. The van der Waals surface area contributed by atoms with Gasteiger partial charge in [-0.05, 0) is 30.0 Å². The van der Waals surface area contributed by atoms with Crippen LogP contribution in [0.15, 0.2) is 18.2 Å². The largest absolute Gasteiger partial charge is 0.573 e. The quantitative estimate of drug-likeness (QED) is 0.871. The zero-order chi connectivity index (χ0) is 16.4. The maximum absolute atomic E-state index is 12.4. The van der Waals surface area contributed by atoms with E-state index in [0.717, 1.165) is 44.1 Å². The van der Waals surface area contributed by atoms with Gasteiger partial charge in [0, 0.05) is 32.2 Å². The minimum Gasteiger partial charge on any atom is -0.404 e. The molecule has 2 aliphatic rings. The fraction of sp³-hybridized carbons (Fsp3) is 0.625. The number of nitrogens with zero attached hydrogens (tertiary/aromatic N) is 1. The summed E-state index contributed by atoms with van der Waals surface area (Å²) in [5.74, 6) is 0.383. The van der Waals surface area contributed by atoms with Gasteiger partial charge in [-0.15, -0.1) is 13.2 Å². The van der Waals surface area contributed by atoms with Crippen LogP contribution in [0.5, 0.6) is 5.75 Å². The second kappa shape index (κ2) is 6.87. The summed E-state index contributed by atoms with van der Waals surface area (Å²) in [5, 5.41) is 3.33. The van der Waals surface area contributed by atoms with Gasteiger partial charge in [0.05, 0.1) is 5.02 Å². The lowest BCUT2D eigenvalue weighted by Gasteiger charge is -2.35. The molecular weight excluding hydrogens is 329 g/mol. The molecule has 0 amide bonds. The van der Waals surface area contributed by atoms with E-state index in [-0.39, 0.29) is 16.8 Å². The molecule has 1 saturated heterocycles. The Morgan fingerprint density at radius 1 is 1.26 bits per heavy atom. The number of hydrogen-bond acceptors (Lipinski definition) is 3.